The third-order valence-corrected chi connectivity index (χ3v) is 9.38. The molecule has 6 aromatic carbocycles. The Labute approximate surface area is 315 Å². The van der Waals surface area contributed by atoms with E-state index in [1.54, 1.807) is 0 Å². The molecule has 0 aliphatic heterocycles. The van der Waals surface area contributed by atoms with Gasteiger partial charge in [-0.3, -0.25) is 0 Å². The second-order valence-electron chi connectivity index (χ2n) is 15.3. The summed E-state index contributed by atoms with van der Waals surface area (Å²) in [4.78, 5) is 0. The average Bonchev–Trinajstić information content (AvgIpc) is 3.70. The average molecular weight is 769 g/mol. The number of unbranched alkanes of at least 4 members (excludes halogenated alkanes) is 2. The number of aryl methyl sites for hydroxylation is 2. The van der Waals surface area contributed by atoms with Crippen molar-refractivity contribution in [2.75, 3.05) is 0 Å². The van der Waals surface area contributed by atoms with Crippen molar-refractivity contribution < 1.29 is 20.8 Å². The molecule has 256 valence electrons. The molecule has 0 nitrogen and oxygen atoms in total. The van der Waals surface area contributed by atoms with Crippen molar-refractivity contribution in [2.45, 2.75) is 105 Å². The van der Waals surface area contributed by atoms with E-state index in [0.717, 1.165) is 0 Å². The fraction of sp³-hybridized carbons (Fsp3) is 0.348. The van der Waals surface area contributed by atoms with Gasteiger partial charge in [0.15, 0.2) is 0 Å². The van der Waals surface area contributed by atoms with Gasteiger partial charge in [-0.2, -0.15) is 12.1 Å². The predicted molar refractivity (Wildman–Crippen MR) is 216 cm³/mol. The maximum absolute atomic E-state index is 4.93. The molecule has 49 heavy (non-hydrogen) atoms. The van der Waals surface area contributed by atoms with Gasteiger partial charge in [0.2, 0.25) is 0 Å². The number of benzene rings is 4. The molecule has 0 N–H and O–H groups in total. The van der Waals surface area contributed by atoms with Crippen molar-refractivity contribution in [1.82, 2.24) is 0 Å². The van der Waals surface area contributed by atoms with Gasteiger partial charge in [0.1, 0.15) is 0 Å². The molecule has 0 radical (unpaired) electrons. The van der Waals surface area contributed by atoms with Gasteiger partial charge in [-0.25, -0.2) is 0 Å². The Hall–Kier alpha value is -2.44. The molecule has 0 bridgehead atoms. The molecule has 6 aromatic rings. The van der Waals surface area contributed by atoms with Crippen molar-refractivity contribution in [3.8, 4) is 22.3 Å². The Bertz CT molecular complexity index is 1730. The van der Waals surface area contributed by atoms with E-state index in [1.165, 1.54) is 105 Å². The standard InChI is InChI=1S/2C23H27.2ClH.Zr/c2*1-5-6-8-17-15-19-9-7-10-21(22(19)16-17)18-11-13-20(14-12-18)23(2,3)4;;;/h2*7,9-16H,5-6,8H2,1-4H3;2*1H;/q2*-1;;;+4/p-2. The van der Waals surface area contributed by atoms with Gasteiger partial charge < -0.3 is 0 Å². The molecule has 3 heteroatoms. The topological polar surface area (TPSA) is 0 Å². The van der Waals surface area contributed by atoms with E-state index in [1.807, 2.05) is 0 Å². The van der Waals surface area contributed by atoms with Crippen LogP contribution in [0.4, 0.5) is 0 Å². The SMILES string of the molecule is CCCCc1cc2c(-c3ccc(C(C)(C)C)cc3)cccc2[cH-]1.CCCCc1cc2c(-c3ccc(C(C)(C)C)cc3)cccc2[cH-]1.[Cl][Zr+2][Cl]. The quantitative estimate of drug-likeness (QED) is 0.135. The molecule has 0 saturated heterocycles. The molecule has 0 atom stereocenters. The Morgan fingerprint density at radius 3 is 1.18 bits per heavy atom. The Morgan fingerprint density at radius 2 is 0.878 bits per heavy atom. The van der Waals surface area contributed by atoms with Crippen LogP contribution in [-0.4, -0.2) is 0 Å². The van der Waals surface area contributed by atoms with Gasteiger partial charge in [0.05, 0.1) is 0 Å². The van der Waals surface area contributed by atoms with Crippen molar-refractivity contribution in [3.05, 3.63) is 131 Å². The van der Waals surface area contributed by atoms with Crippen LogP contribution in [-0.2, 0) is 44.5 Å². The zero-order chi connectivity index (χ0) is 35.6. The minimum atomic E-state index is -0.826. The molecule has 0 aliphatic carbocycles. The van der Waals surface area contributed by atoms with Crippen LogP contribution in [0.3, 0.4) is 0 Å². The first-order valence-corrected chi connectivity index (χ1v) is 24.3. The predicted octanol–water partition coefficient (Wildman–Crippen LogP) is 15.1. The van der Waals surface area contributed by atoms with Crippen LogP contribution < -0.4 is 0 Å². The Kier molecular flexibility index (Phi) is 14.6. The van der Waals surface area contributed by atoms with Crippen LogP contribution in [0.1, 0.15) is 103 Å². The molecule has 0 heterocycles. The molecule has 0 aliphatic rings. The number of halogens is 2. The van der Waals surface area contributed by atoms with Crippen LogP contribution in [0.5, 0.6) is 0 Å². The van der Waals surface area contributed by atoms with Crippen LogP contribution in [0.25, 0.3) is 43.8 Å². The number of hydrogen-bond donors (Lipinski definition) is 0. The molecule has 6 rings (SSSR count). The minimum absolute atomic E-state index is 0.207. The van der Waals surface area contributed by atoms with Gasteiger partial charge in [-0.1, -0.05) is 153 Å². The van der Waals surface area contributed by atoms with E-state index in [2.05, 4.69) is 165 Å². The van der Waals surface area contributed by atoms with E-state index in [9.17, 15) is 0 Å². The van der Waals surface area contributed by atoms with E-state index < -0.39 is 20.8 Å². The fourth-order valence-corrected chi connectivity index (χ4v) is 6.45. The third-order valence-electron chi connectivity index (χ3n) is 9.38. The van der Waals surface area contributed by atoms with Crippen LogP contribution in [0.15, 0.2) is 109 Å². The first-order valence-electron chi connectivity index (χ1n) is 17.9. The summed E-state index contributed by atoms with van der Waals surface area (Å²) in [6, 6.07) is 41.0. The van der Waals surface area contributed by atoms with E-state index >= 15 is 0 Å². The van der Waals surface area contributed by atoms with E-state index in [0.29, 0.717) is 0 Å². The van der Waals surface area contributed by atoms with Gasteiger partial charge >= 0.3 is 37.9 Å². The van der Waals surface area contributed by atoms with Crippen molar-refractivity contribution in [1.29, 1.82) is 0 Å². The van der Waals surface area contributed by atoms with E-state index in [4.69, 9.17) is 17.0 Å². The molecular formula is C46H54Cl2Zr. The van der Waals surface area contributed by atoms with Gasteiger partial charge in [-0.15, -0.1) is 69.1 Å². The molecular weight excluding hydrogens is 715 g/mol. The zero-order valence-electron chi connectivity index (χ0n) is 30.9. The Balaban J connectivity index is 0.000000205. The molecule has 0 saturated carbocycles. The summed E-state index contributed by atoms with van der Waals surface area (Å²) >= 11 is -0.826. The normalized spacial score (nSPS) is 11.5. The zero-order valence-corrected chi connectivity index (χ0v) is 34.9. The fourth-order valence-electron chi connectivity index (χ4n) is 6.45. The van der Waals surface area contributed by atoms with Crippen LogP contribution in [0, 0.1) is 0 Å². The maximum atomic E-state index is 4.93. The summed E-state index contributed by atoms with van der Waals surface area (Å²) < 4.78 is 0. The second kappa shape index (κ2) is 18.2. The van der Waals surface area contributed by atoms with Crippen molar-refractivity contribution in [3.63, 3.8) is 0 Å². The summed E-state index contributed by atoms with van der Waals surface area (Å²) in [6.07, 6.45) is 7.42. The van der Waals surface area contributed by atoms with Gasteiger partial charge in [0, 0.05) is 0 Å². The second-order valence-corrected chi connectivity index (χ2v) is 19.0. The molecule has 0 amide bonds. The summed E-state index contributed by atoms with van der Waals surface area (Å²) in [6.45, 7) is 18.1. The first-order chi connectivity index (χ1) is 23.4. The number of rotatable bonds is 8. The summed E-state index contributed by atoms with van der Waals surface area (Å²) in [5.41, 5.74) is 11.5. The third kappa shape index (κ3) is 10.8. The van der Waals surface area contributed by atoms with Gasteiger partial charge in [0.25, 0.3) is 0 Å². The first kappa shape index (κ1) is 39.4. The monoisotopic (exact) mass is 766 g/mol. The summed E-state index contributed by atoms with van der Waals surface area (Å²) in [7, 11) is 9.87. The Morgan fingerprint density at radius 1 is 0.531 bits per heavy atom. The van der Waals surface area contributed by atoms with Gasteiger partial charge in [-0.05, 0) is 45.9 Å². The molecule has 0 unspecified atom stereocenters. The van der Waals surface area contributed by atoms with Crippen LogP contribution in [0.2, 0.25) is 0 Å². The number of hydrogen-bond acceptors (Lipinski definition) is 0. The summed E-state index contributed by atoms with van der Waals surface area (Å²) in [5, 5.41) is 5.52. The van der Waals surface area contributed by atoms with E-state index in [-0.39, 0.29) is 10.8 Å². The molecule has 0 aromatic heterocycles. The summed E-state index contributed by atoms with van der Waals surface area (Å²) in [5.74, 6) is 0. The van der Waals surface area contributed by atoms with Crippen LogP contribution >= 0.6 is 17.0 Å². The molecule has 0 fully saturated rings. The molecule has 0 spiro atoms. The van der Waals surface area contributed by atoms with Crippen molar-refractivity contribution >= 4 is 38.6 Å². The number of fused-ring (bicyclic) bond motifs is 2. The van der Waals surface area contributed by atoms with Crippen molar-refractivity contribution in [2.24, 2.45) is 0 Å².